The van der Waals surface area contributed by atoms with E-state index in [1.54, 1.807) is 0 Å². The first-order valence-electron chi connectivity index (χ1n) is 5.90. The van der Waals surface area contributed by atoms with Crippen LogP contribution >= 0.6 is 15.9 Å². The summed E-state index contributed by atoms with van der Waals surface area (Å²) in [5.74, 6) is 0. The molecule has 0 spiro atoms. The van der Waals surface area contributed by atoms with E-state index in [4.69, 9.17) is 0 Å². The number of rotatable bonds is 2. The Balaban J connectivity index is 1.86. The maximum absolute atomic E-state index is 3.55. The Hall–Kier alpha value is -1.28. The van der Waals surface area contributed by atoms with E-state index in [-0.39, 0.29) is 0 Å². The molecule has 1 aliphatic rings. The molecule has 3 rings (SSSR count). The van der Waals surface area contributed by atoms with Gasteiger partial charge in [0.25, 0.3) is 0 Å². The van der Waals surface area contributed by atoms with Crippen molar-refractivity contribution in [2.24, 2.45) is 0 Å². The van der Waals surface area contributed by atoms with Gasteiger partial charge in [-0.1, -0.05) is 52.3 Å². The van der Waals surface area contributed by atoms with Crippen LogP contribution in [0.15, 0.2) is 53.0 Å². The van der Waals surface area contributed by atoms with Crippen molar-refractivity contribution >= 4 is 21.6 Å². The van der Waals surface area contributed by atoms with Gasteiger partial charge in [0, 0.05) is 23.2 Å². The van der Waals surface area contributed by atoms with Crippen LogP contribution in [-0.2, 0) is 13.0 Å². The van der Waals surface area contributed by atoms with Crippen LogP contribution in [-0.4, -0.2) is 6.54 Å². The average Bonchev–Trinajstić information content (AvgIpc) is 2.73. The summed E-state index contributed by atoms with van der Waals surface area (Å²) >= 11 is 3.55. The highest BCUT2D eigenvalue weighted by Gasteiger charge is 2.18. The fourth-order valence-electron chi connectivity index (χ4n) is 2.39. The molecule has 1 heterocycles. The molecule has 0 N–H and O–H groups in total. The van der Waals surface area contributed by atoms with Crippen LogP contribution in [0.4, 0.5) is 5.69 Å². The van der Waals surface area contributed by atoms with Gasteiger partial charge >= 0.3 is 0 Å². The third kappa shape index (κ3) is 2.22. The molecule has 0 radical (unpaired) electrons. The van der Waals surface area contributed by atoms with Crippen LogP contribution in [0.1, 0.15) is 11.1 Å². The van der Waals surface area contributed by atoms with E-state index in [1.807, 2.05) is 0 Å². The van der Waals surface area contributed by atoms with E-state index in [0.717, 1.165) is 24.0 Å². The first-order valence-corrected chi connectivity index (χ1v) is 6.69. The molecule has 0 unspecified atom stereocenters. The second-order valence-corrected chi connectivity index (χ2v) is 5.35. The van der Waals surface area contributed by atoms with Gasteiger partial charge in [0.1, 0.15) is 0 Å². The molecule has 0 aliphatic carbocycles. The molecule has 0 saturated carbocycles. The van der Waals surface area contributed by atoms with Crippen LogP contribution in [0.2, 0.25) is 0 Å². The summed E-state index contributed by atoms with van der Waals surface area (Å²) in [5, 5.41) is 0. The number of hydrogen-bond donors (Lipinski definition) is 0. The number of nitrogens with zero attached hydrogens (tertiary/aromatic N) is 1. The van der Waals surface area contributed by atoms with Crippen LogP contribution < -0.4 is 4.90 Å². The molecule has 0 bridgehead atoms. The minimum Gasteiger partial charge on any atom is -0.367 e. The zero-order valence-corrected chi connectivity index (χ0v) is 11.2. The number of hydrogen-bond acceptors (Lipinski definition) is 1. The Bertz CT molecular complexity index is 522. The summed E-state index contributed by atoms with van der Waals surface area (Å²) in [5.41, 5.74) is 4.22. The van der Waals surface area contributed by atoms with Crippen molar-refractivity contribution in [1.82, 2.24) is 0 Å². The van der Waals surface area contributed by atoms with Gasteiger partial charge in [-0.05, 0) is 29.7 Å². The molecule has 1 aliphatic heterocycles. The van der Waals surface area contributed by atoms with E-state index in [9.17, 15) is 0 Å². The molecule has 17 heavy (non-hydrogen) atoms. The maximum atomic E-state index is 3.55. The third-order valence-electron chi connectivity index (χ3n) is 3.26. The molecule has 0 atom stereocenters. The fraction of sp³-hybridized carbons (Fsp3) is 0.200. The second-order valence-electron chi connectivity index (χ2n) is 4.43. The zero-order valence-electron chi connectivity index (χ0n) is 9.57. The minimum atomic E-state index is 1.00. The minimum absolute atomic E-state index is 1.00. The molecule has 86 valence electrons. The quantitative estimate of drug-likeness (QED) is 0.807. The smallest absolute Gasteiger partial charge is 0.0429 e. The lowest BCUT2D eigenvalue weighted by Crippen LogP contribution is -2.19. The molecule has 0 aromatic heterocycles. The Kier molecular flexibility index (Phi) is 2.89. The summed E-state index contributed by atoms with van der Waals surface area (Å²) in [6.07, 6.45) is 1.16. The van der Waals surface area contributed by atoms with Gasteiger partial charge in [0.05, 0.1) is 0 Å². The van der Waals surface area contributed by atoms with Gasteiger partial charge in [0.2, 0.25) is 0 Å². The molecular formula is C15H14BrN. The van der Waals surface area contributed by atoms with Crippen LogP contribution in [0.5, 0.6) is 0 Å². The number of benzene rings is 2. The highest BCUT2D eigenvalue weighted by Crippen LogP contribution is 2.31. The molecule has 2 aromatic carbocycles. The monoisotopic (exact) mass is 287 g/mol. The molecule has 2 heteroatoms. The standard InChI is InChI=1S/C15H14BrN/c16-14-7-6-13-8-9-17(15(13)10-14)11-12-4-2-1-3-5-12/h1-7,10H,8-9,11H2. The van der Waals surface area contributed by atoms with E-state index < -0.39 is 0 Å². The maximum Gasteiger partial charge on any atom is 0.0429 e. The van der Waals surface area contributed by atoms with Crippen molar-refractivity contribution in [1.29, 1.82) is 0 Å². The lowest BCUT2D eigenvalue weighted by Gasteiger charge is -2.19. The summed E-state index contributed by atoms with van der Waals surface area (Å²) in [4.78, 5) is 2.45. The van der Waals surface area contributed by atoms with Gasteiger partial charge in [-0.3, -0.25) is 0 Å². The molecule has 0 fully saturated rings. The Labute approximate surface area is 110 Å². The largest absolute Gasteiger partial charge is 0.367 e. The van der Waals surface area contributed by atoms with Crippen LogP contribution in [0, 0.1) is 0 Å². The van der Waals surface area contributed by atoms with Crippen LogP contribution in [0.3, 0.4) is 0 Å². The summed E-state index contributed by atoms with van der Waals surface area (Å²) in [6, 6.07) is 17.2. The number of halogens is 1. The van der Waals surface area contributed by atoms with Gasteiger partial charge in [-0.2, -0.15) is 0 Å². The van der Waals surface area contributed by atoms with E-state index in [0.29, 0.717) is 0 Å². The predicted molar refractivity (Wildman–Crippen MR) is 75.3 cm³/mol. The lowest BCUT2D eigenvalue weighted by atomic mass is 10.1. The summed E-state index contributed by atoms with van der Waals surface area (Å²) in [7, 11) is 0. The van der Waals surface area contributed by atoms with Gasteiger partial charge in [-0.15, -0.1) is 0 Å². The summed E-state index contributed by atoms with van der Waals surface area (Å²) in [6.45, 7) is 2.13. The molecule has 0 saturated heterocycles. The van der Waals surface area contributed by atoms with Crippen molar-refractivity contribution in [2.45, 2.75) is 13.0 Å². The fourth-order valence-corrected chi connectivity index (χ4v) is 2.74. The SMILES string of the molecule is Brc1ccc2c(c1)N(Cc1ccccc1)CC2. The molecule has 1 nitrogen and oxygen atoms in total. The predicted octanol–water partition coefficient (Wildman–Crippen LogP) is 4.01. The van der Waals surface area contributed by atoms with Crippen molar-refractivity contribution in [2.75, 3.05) is 11.4 Å². The van der Waals surface area contributed by atoms with Crippen molar-refractivity contribution < 1.29 is 0 Å². The topological polar surface area (TPSA) is 3.24 Å². The van der Waals surface area contributed by atoms with Gasteiger partial charge in [-0.25, -0.2) is 0 Å². The van der Waals surface area contributed by atoms with Gasteiger partial charge in [0.15, 0.2) is 0 Å². The number of fused-ring (bicyclic) bond motifs is 1. The highest BCUT2D eigenvalue weighted by atomic mass is 79.9. The van der Waals surface area contributed by atoms with Crippen molar-refractivity contribution in [3.05, 3.63) is 64.1 Å². The third-order valence-corrected chi connectivity index (χ3v) is 3.75. The van der Waals surface area contributed by atoms with E-state index in [1.165, 1.54) is 16.8 Å². The lowest BCUT2D eigenvalue weighted by molar-refractivity contribution is 0.836. The second kappa shape index (κ2) is 4.53. The zero-order chi connectivity index (χ0) is 11.7. The summed E-state index contributed by atoms with van der Waals surface area (Å²) < 4.78 is 1.16. The van der Waals surface area contributed by atoms with Crippen molar-refractivity contribution in [3.8, 4) is 0 Å². The average molecular weight is 288 g/mol. The van der Waals surface area contributed by atoms with Crippen LogP contribution in [0.25, 0.3) is 0 Å². The first kappa shape index (κ1) is 10.8. The highest BCUT2D eigenvalue weighted by molar-refractivity contribution is 9.10. The molecular weight excluding hydrogens is 274 g/mol. The van der Waals surface area contributed by atoms with Gasteiger partial charge < -0.3 is 4.90 Å². The first-order chi connectivity index (χ1) is 8.33. The molecule has 2 aromatic rings. The van der Waals surface area contributed by atoms with E-state index >= 15 is 0 Å². The van der Waals surface area contributed by atoms with E-state index in [2.05, 4.69) is 69.4 Å². The van der Waals surface area contributed by atoms with Crippen molar-refractivity contribution in [3.63, 3.8) is 0 Å². The Morgan fingerprint density at radius 2 is 1.88 bits per heavy atom. The Morgan fingerprint density at radius 1 is 1.06 bits per heavy atom. The molecule has 0 amide bonds. The normalized spacial score (nSPS) is 13.8. The number of anilines is 1. The Morgan fingerprint density at radius 3 is 2.71 bits per heavy atom.